The zero-order valence-corrected chi connectivity index (χ0v) is 16.9. The number of benzene rings is 2. The Morgan fingerprint density at radius 2 is 1.76 bits per heavy atom. The van der Waals surface area contributed by atoms with E-state index in [9.17, 15) is 10.1 Å². The van der Waals surface area contributed by atoms with E-state index in [1.54, 1.807) is 14.2 Å². The van der Waals surface area contributed by atoms with Crippen molar-refractivity contribution in [1.29, 1.82) is 5.26 Å². The molecule has 0 aliphatic heterocycles. The predicted octanol–water partition coefficient (Wildman–Crippen LogP) is 2.99. The van der Waals surface area contributed by atoms with Gasteiger partial charge in [-0.2, -0.15) is 5.26 Å². The van der Waals surface area contributed by atoms with Gasteiger partial charge in [0.05, 0.1) is 14.2 Å². The van der Waals surface area contributed by atoms with Crippen molar-refractivity contribution in [3.8, 4) is 17.6 Å². The van der Waals surface area contributed by atoms with Crippen molar-refractivity contribution in [3.05, 3.63) is 71.4 Å². The number of aryl methyl sites for hydroxylation is 1. The van der Waals surface area contributed by atoms with Crippen LogP contribution in [-0.4, -0.2) is 33.2 Å². The summed E-state index contributed by atoms with van der Waals surface area (Å²) in [5.41, 5.74) is 2.34. The maximum atomic E-state index is 12.2. The number of rotatable bonds is 11. The van der Waals surface area contributed by atoms with Crippen LogP contribution in [0.25, 0.3) is 0 Å². The van der Waals surface area contributed by atoms with Crippen LogP contribution in [0.5, 0.6) is 11.5 Å². The van der Waals surface area contributed by atoms with E-state index in [1.807, 2.05) is 42.5 Å². The quantitative estimate of drug-likeness (QED) is 0.348. The molecular weight excluding hydrogens is 366 g/mol. The van der Waals surface area contributed by atoms with Gasteiger partial charge < -0.3 is 20.1 Å². The summed E-state index contributed by atoms with van der Waals surface area (Å²) in [4.78, 5) is 12.2. The Labute approximate surface area is 172 Å². The molecule has 0 radical (unpaired) electrons. The maximum Gasteiger partial charge on any atom is 0.263 e. The summed E-state index contributed by atoms with van der Waals surface area (Å²) in [6.45, 7) is 1.11. The van der Waals surface area contributed by atoms with Crippen LogP contribution in [0.1, 0.15) is 17.5 Å². The standard InChI is InChI=1S/C23H27N3O3/c1-28-21-11-10-19(15-22(21)29-2)12-14-26-23(27)20(16-24)17-25-13-6-9-18-7-4-3-5-8-18/h3-5,7-8,10-11,15,17,25H,6,9,12-14H2,1-2H3,(H,26,27)/b20-17-. The average Bonchev–Trinajstić information content (AvgIpc) is 2.76. The molecule has 2 N–H and O–H groups in total. The van der Waals surface area contributed by atoms with E-state index in [1.165, 1.54) is 11.8 Å². The molecule has 6 heteroatoms. The second-order valence-electron chi connectivity index (χ2n) is 6.41. The van der Waals surface area contributed by atoms with Gasteiger partial charge in [0.15, 0.2) is 11.5 Å². The molecule has 0 spiro atoms. The molecule has 29 heavy (non-hydrogen) atoms. The highest BCUT2D eigenvalue weighted by molar-refractivity contribution is 5.97. The third kappa shape index (κ3) is 7.23. The van der Waals surface area contributed by atoms with Gasteiger partial charge in [0.2, 0.25) is 0 Å². The number of ether oxygens (including phenoxy) is 2. The molecule has 0 fully saturated rings. The smallest absolute Gasteiger partial charge is 0.263 e. The molecule has 0 aromatic heterocycles. The average molecular weight is 393 g/mol. The minimum absolute atomic E-state index is 0.0667. The lowest BCUT2D eigenvalue weighted by Gasteiger charge is -2.10. The number of methoxy groups -OCH3 is 2. The van der Waals surface area contributed by atoms with Crippen molar-refractivity contribution in [1.82, 2.24) is 10.6 Å². The van der Waals surface area contributed by atoms with E-state index in [0.29, 0.717) is 31.0 Å². The van der Waals surface area contributed by atoms with E-state index >= 15 is 0 Å². The van der Waals surface area contributed by atoms with Crippen LogP contribution in [0.3, 0.4) is 0 Å². The van der Waals surface area contributed by atoms with Crippen LogP contribution in [0.4, 0.5) is 0 Å². The molecule has 0 heterocycles. The summed E-state index contributed by atoms with van der Waals surface area (Å²) in [5.74, 6) is 0.922. The molecule has 0 saturated carbocycles. The van der Waals surface area contributed by atoms with Gasteiger partial charge in [0.1, 0.15) is 11.6 Å². The molecule has 0 atom stereocenters. The molecule has 6 nitrogen and oxygen atoms in total. The summed E-state index contributed by atoms with van der Waals surface area (Å²) in [5, 5.41) is 15.0. The van der Waals surface area contributed by atoms with Crippen LogP contribution in [0.15, 0.2) is 60.3 Å². The van der Waals surface area contributed by atoms with Crippen molar-refractivity contribution in [3.63, 3.8) is 0 Å². The first-order valence-corrected chi connectivity index (χ1v) is 9.54. The Bertz CT molecular complexity index is 857. The minimum atomic E-state index is -0.386. The van der Waals surface area contributed by atoms with E-state index in [2.05, 4.69) is 22.8 Å². The highest BCUT2D eigenvalue weighted by Gasteiger charge is 2.09. The summed E-state index contributed by atoms with van der Waals surface area (Å²) >= 11 is 0. The van der Waals surface area contributed by atoms with Crippen LogP contribution in [0.2, 0.25) is 0 Å². The highest BCUT2D eigenvalue weighted by atomic mass is 16.5. The number of nitriles is 1. The number of nitrogens with zero attached hydrogens (tertiary/aromatic N) is 1. The fraction of sp³-hybridized carbons (Fsp3) is 0.304. The van der Waals surface area contributed by atoms with Crippen molar-refractivity contribution < 1.29 is 14.3 Å². The SMILES string of the molecule is COc1ccc(CCNC(=O)/C(C#N)=C\NCCCc2ccccc2)cc1OC. The number of amides is 1. The fourth-order valence-electron chi connectivity index (χ4n) is 2.81. The molecule has 2 aromatic carbocycles. The first-order chi connectivity index (χ1) is 14.2. The second kappa shape index (κ2) is 12.1. The number of nitrogens with one attached hydrogen (secondary N) is 2. The molecular formula is C23H27N3O3. The lowest BCUT2D eigenvalue weighted by Crippen LogP contribution is -2.27. The first kappa shape index (κ1) is 21.8. The molecule has 0 unspecified atom stereocenters. The fourth-order valence-corrected chi connectivity index (χ4v) is 2.81. The molecule has 0 aliphatic carbocycles. The molecule has 152 valence electrons. The van der Waals surface area contributed by atoms with Crippen LogP contribution < -0.4 is 20.1 Å². The molecule has 0 aliphatic rings. The Hall–Kier alpha value is -3.46. The molecule has 1 amide bonds. The van der Waals surface area contributed by atoms with Crippen molar-refractivity contribution in [2.45, 2.75) is 19.3 Å². The van der Waals surface area contributed by atoms with Crippen LogP contribution in [-0.2, 0) is 17.6 Å². The topological polar surface area (TPSA) is 83.4 Å². The number of hydrogen-bond donors (Lipinski definition) is 2. The predicted molar refractivity (Wildman–Crippen MR) is 113 cm³/mol. The lowest BCUT2D eigenvalue weighted by molar-refractivity contribution is -0.117. The number of carbonyl (C=O) groups is 1. The van der Waals surface area contributed by atoms with Gasteiger partial charge >= 0.3 is 0 Å². The third-order valence-electron chi connectivity index (χ3n) is 4.39. The second-order valence-corrected chi connectivity index (χ2v) is 6.41. The third-order valence-corrected chi connectivity index (χ3v) is 4.39. The van der Waals surface area contributed by atoms with Gasteiger partial charge in [-0.05, 0) is 42.5 Å². The number of carbonyl (C=O) groups excluding carboxylic acids is 1. The first-order valence-electron chi connectivity index (χ1n) is 9.54. The van der Waals surface area contributed by atoms with Gasteiger partial charge in [0.25, 0.3) is 5.91 Å². The van der Waals surface area contributed by atoms with Gasteiger partial charge in [-0.15, -0.1) is 0 Å². The zero-order valence-electron chi connectivity index (χ0n) is 16.9. The van der Waals surface area contributed by atoms with Gasteiger partial charge in [0, 0.05) is 19.3 Å². The van der Waals surface area contributed by atoms with Gasteiger partial charge in [-0.1, -0.05) is 36.4 Å². The maximum absolute atomic E-state index is 12.2. The van der Waals surface area contributed by atoms with E-state index in [0.717, 1.165) is 18.4 Å². The highest BCUT2D eigenvalue weighted by Crippen LogP contribution is 2.27. The van der Waals surface area contributed by atoms with Crippen molar-refractivity contribution >= 4 is 5.91 Å². The molecule has 0 bridgehead atoms. The van der Waals surface area contributed by atoms with E-state index < -0.39 is 0 Å². The summed E-state index contributed by atoms with van der Waals surface area (Å²) < 4.78 is 10.5. The number of hydrogen-bond acceptors (Lipinski definition) is 5. The van der Waals surface area contributed by atoms with Crippen molar-refractivity contribution in [2.75, 3.05) is 27.3 Å². The molecule has 0 saturated heterocycles. The zero-order chi connectivity index (χ0) is 20.9. The van der Waals surface area contributed by atoms with E-state index in [4.69, 9.17) is 9.47 Å². The molecule has 2 aromatic rings. The lowest BCUT2D eigenvalue weighted by atomic mass is 10.1. The molecule has 2 rings (SSSR count). The Morgan fingerprint density at radius 3 is 2.45 bits per heavy atom. The van der Waals surface area contributed by atoms with E-state index in [-0.39, 0.29) is 11.5 Å². The minimum Gasteiger partial charge on any atom is -0.493 e. The van der Waals surface area contributed by atoms with Crippen LogP contribution in [0, 0.1) is 11.3 Å². The Balaban J connectivity index is 1.74. The summed E-state index contributed by atoms with van der Waals surface area (Å²) in [6.07, 6.45) is 3.97. The largest absolute Gasteiger partial charge is 0.493 e. The van der Waals surface area contributed by atoms with Crippen molar-refractivity contribution in [2.24, 2.45) is 0 Å². The summed E-state index contributed by atoms with van der Waals surface area (Å²) in [6, 6.07) is 17.8. The Morgan fingerprint density at radius 1 is 1.00 bits per heavy atom. The Kier molecular flexibility index (Phi) is 9.10. The van der Waals surface area contributed by atoms with Gasteiger partial charge in [-0.3, -0.25) is 4.79 Å². The van der Waals surface area contributed by atoms with Gasteiger partial charge in [-0.25, -0.2) is 0 Å². The van der Waals surface area contributed by atoms with Crippen LogP contribution >= 0.6 is 0 Å². The summed E-state index contributed by atoms with van der Waals surface area (Å²) in [7, 11) is 3.17. The normalized spacial score (nSPS) is 10.7. The monoisotopic (exact) mass is 393 g/mol.